The minimum absolute atomic E-state index is 0.257. The highest BCUT2D eigenvalue weighted by atomic mass is 32.1. The van der Waals surface area contributed by atoms with E-state index >= 15 is 0 Å². The molecule has 4 N–H and O–H groups in total. The van der Waals surface area contributed by atoms with Crippen LogP contribution in [0.2, 0.25) is 0 Å². The summed E-state index contributed by atoms with van der Waals surface area (Å²) in [6.07, 6.45) is 3.81. The minimum atomic E-state index is 0.257. The first kappa shape index (κ1) is 16.8. The van der Waals surface area contributed by atoms with Gasteiger partial charge in [0, 0.05) is 37.8 Å². The molecule has 0 atom stereocenters. The van der Waals surface area contributed by atoms with Gasteiger partial charge in [0.25, 0.3) is 0 Å². The number of fused-ring (bicyclic) bond motifs is 1. The van der Waals surface area contributed by atoms with Crippen LogP contribution in [0.3, 0.4) is 0 Å². The number of nitrogens with two attached hydrogens (primary N) is 1. The van der Waals surface area contributed by atoms with Crippen molar-refractivity contribution in [3.05, 3.63) is 24.4 Å². The van der Waals surface area contributed by atoms with Gasteiger partial charge in [0.05, 0.1) is 26.5 Å². The number of pyridine rings is 1. The van der Waals surface area contributed by atoms with Crippen LogP contribution in [0.25, 0.3) is 20.8 Å². The maximum absolute atomic E-state index is 12.2. The van der Waals surface area contributed by atoms with Crippen LogP contribution in [0.15, 0.2) is 24.4 Å². The summed E-state index contributed by atoms with van der Waals surface area (Å²) in [5.41, 5.74) is 8.76. The molecular weight excluding hydrogens is 348 g/mol. The number of hydrogen-bond acceptors (Lipinski definition) is 6. The zero-order chi connectivity index (χ0) is 18.1. The van der Waals surface area contributed by atoms with Crippen LogP contribution in [-0.2, 0) is 4.79 Å². The first-order valence-electron chi connectivity index (χ1n) is 8.88. The van der Waals surface area contributed by atoms with E-state index in [9.17, 15) is 4.79 Å². The highest BCUT2D eigenvalue weighted by Gasteiger charge is 2.32. The Morgan fingerprint density at radius 1 is 1.46 bits per heavy atom. The number of nitrogen functional groups attached to an aromatic ring is 1. The number of carbonyl (C=O) groups excluding carboxylic acids is 1. The molecule has 0 unspecified atom stereocenters. The molecule has 1 amide bonds. The summed E-state index contributed by atoms with van der Waals surface area (Å²) in [7, 11) is 0. The predicted octanol–water partition coefficient (Wildman–Crippen LogP) is 2.94. The molecule has 4 rings (SSSR count). The highest BCUT2D eigenvalue weighted by Crippen LogP contribution is 2.36. The van der Waals surface area contributed by atoms with Crippen molar-refractivity contribution >= 4 is 39.0 Å². The van der Waals surface area contributed by atoms with Gasteiger partial charge in [-0.1, -0.05) is 0 Å². The van der Waals surface area contributed by atoms with Crippen molar-refractivity contribution < 1.29 is 4.79 Å². The van der Waals surface area contributed by atoms with E-state index < -0.39 is 0 Å². The van der Waals surface area contributed by atoms with Crippen LogP contribution in [0.1, 0.15) is 19.8 Å². The molecule has 0 spiro atoms. The Kier molecular flexibility index (Phi) is 4.50. The van der Waals surface area contributed by atoms with Gasteiger partial charge >= 0.3 is 0 Å². The summed E-state index contributed by atoms with van der Waals surface area (Å²) >= 11 is 1.64. The molecule has 1 fully saturated rings. The Morgan fingerprint density at radius 2 is 2.31 bits per heavy atom. The van der Waals surface area contributed by atoms with Gasteiger partial charge in [0.1, 0.15) is 5.82 Å². The molecule has 1 aliphatic rings. The van der Waals surface area contributed by atoms with E-state index in [-0.39, 0.29) is 11.8 Å². The number of H-pyrrole nitrogens is 1. The second-order valence-electron chi connectivity index (χ2n) is 6.51. The zero-order valence-corrected chi connectivity index (χ0v) is 15.5. The molecule has 3 heterocycles. The molecule has 1 saturated carbocycles. The number of aromatic nitrogens is 3. The SMILES string of the molecule is CCN(CCNc1cc(N)nc2cc(-c3ccn[nH]3)sc12)C(=O)C1CC1. The van der Waals surface area contributed by atoms with Crippen LogP contribution in [-0.4, -0.2) is 45.6 Å². The van der Waals surface area contributed by atoms with Gasteiger partial charge in [-0.15, -0.1) is 11.3 Å². The molecule has 0 radical (unpaired) electrons. The molecule has 0 aliphatic heterocycles. The van der Waals surface area contributed by atoms with Gasteiger partial charge in [-0.05, 0) is 31.9 Å². The second-order valence-corrected chi connectivity index (χ2v) is 7.56. The molecule has 0 bridgehead atoms. The third kappa shape index (κ3) is 3.37. The van der Waals surface area contributed by atoms with Gasteiger partial charge in [-0.25, -0.2) is 4.98 Å². The number of likely N-dealkylation sites (N-methyl/N-ethyl adjacent to an activating group) is 1. The number of anilines is 2. The summed E-state index contributed by atoms with van der Waals surface area (Å²) < 4.78 is 1.06. The largest absolute Gasteiger partial charge is 0.384 e. The number of nitrogens with zero attached hydrogens (tertiary/aromatic N) is 3. The van der Waals surface area contributed by atoms with Gasteiger partial charge in [-0.3, -0.25) is 9.89 Å². The first-order valence-corrected chi connectivity index (χ1v) is 9.70. The molecule has 1 aliphatic carbocycles. The van der Waals surface area contributed by atoms with E-state index in [1.165, 1.54) is 0 Å². The predicted molar refractivity (Wildman–Crippen MR) is 105 cm³/mol. The van der Waals surface area contributed by atoms with Crippen LogP contribution >= 0.6 is 11.3 Å². The van der Waals surface area contributed by atoms with Gasteiger partial charge in [0.15, 0.2) is 0 Å². The van der Waals surface area contributed by atoms with E-state index in [0.29, 0.717) is 18.9 Å². The first-order chi connectivity index (χ1) is 12.7. The third-order valence-corrected chi connectivity index (χ3v) is 5.77. The number of carbonyl (C=O) groups is 1. The Morgan fingerprint density at radius 3 is 3.00 bits per heavy atom. The summed E-state index contributed by atoms with van der Waals surface area (Å²) in [5.74, 6) is 1.02. The number of aromatic amines is 1. The molecule has 3 aromatic rings. The van der Waals surface area contributed by atoms with E-state index in [0.717, 1.165) is 45.9 Å². The fraction of sp³-hybridized carbons (Fsp3) is 0.389. The summed E-state index contributed by atoms with van der Waals surface area (Å²) in [6, 6.07) is 5.81. The van der Waals surface area contributed by atoms with Crippen LogP contribution in [0, 0.1) is 5.92 Å². The lowest BCUT2D eigenvalue weighted by molar-refractivity contribution is -0.132. The molecule has 0 aromatic carbocycles. The monoisotopic (exact) mass is 370 g/mol. The van der Waals surface area contributed by atoms with Crippen molar-refractivity contribution in [3.63, 3.8) is 0 Å². The molecular formula is C18H22N6OS. The number of rotatable bonds is 7. The van der Waals surface area contributed by atoms with Crippen molar-refractivity contribution in [1.29, 1.82) is 0 Å². The topological polar surface area (TPSA) is 99.9 Å². The Labute approximate surface area is 155 Å². The highest BCUT2D eigenvalue weighted by molar-refractivity contribution is 7.22. The summed E-state index contributed by atoms with van der Waals surface area (Å²) in [4.78, 5) is 19.7. The molecule has 3 aromatic heterocycles. The molecule has 7 nitrogen and oxygen atoms in total. The van der Waals surface area contributed by atoms with Crippen molar-refractivity contribution in [2.24, 2.45) is 5.92 Å². The third-order valence-electron chi connectivity index (χ3n) is 4.58. The molecule has 136 valence electrons. The van der Waals surface area contributed by atoms with Crippen LogP contribution < -0.4 is 11.1 Å². The van der Waals surface area contributed by atoms with E-state index in [2.05, 4.69) is 20.5 Å². The van der Waals surface area contributed by atoms with Crippen molar-refractivity contribution in [2.75, 3.05) is 30.7 Å². The van der Waals surface area contributed by atoms with Gasteiger partial charge in [0.2, 0.25) is 5.91 Å². The summed E-state index contributed by atoms with van der Waals surface area (Å²) in [5, 5.41) is 10.4. The lowest BCUT2D eigenvalue weighted by atomic mass is 10.3. The van der Waals surface area contributed by atoms with Crippen molar-refractivity contribution in [3.8, 4) is 10.6 Å². The van der Waals surface area contributed by atoms with Crippen molar-refractivity contribution in [2.45, 2.75) is 19.8 Å². The van der Waals surface area contributed by atoms with Crippen molar-refractivity contribution in [1.82, 2.24) is 20.1 Å². The Hall–Kier alpha value is -2.61. The smallest absolute Gasteiger partial charge is 0.225 e. The summed E-state index contributed by atoms with van der Waals surface area (Å²) in [6.45, 7) is 4.14. The molecule has 26 heavy (non-hydrogen) atoms. The number of thiophene rings is 1. The average Bonchev–Trinajstić information content (AvgIpc) is 3.16. The Balaban J connectivity index is 1.51. The zero-order valence-electron chi connectivity index (χ0n) is 14.7. The fourth-order valence-electron chi connectivity index (χ4n) is 3.04. The average molecular weight is 370 g/mol. The fourth-order valence-corrected chi connectivity index (χ4v) is 4.10. The molecule has 0 saturated heterocycles. The Bertz CT molecular complexity index is 915. The van der Waals surface area contributed by atoms with Crippen LogP contribution in [0.4, 0.5) is 11.5 Å². The lowest BCUT2D eigenvalue weighted by Gasteiger charge is -2.21. The lowest BCUT2D eigenvalue weighted by Crippen LogP contribution is -2.35. The standard InChI is InChI=1S/C18H22N6OS/c1-2-24(18(25)11-3-4-11)8-7-20-13-10-16(19)22-14-9-15(26-17(13)14)12-5-6-21-23-12/h5-6,9-11H,2-4,7-8H2,1H3,(H,21,23)(H3,19,20,22). The second kappa shape index (κ2) is 6.95. The number of hydrogen-bond donors (Lipinski definition) is 3. The van der Waals surface area contributed by atoms with Gasteiger partial charge in [-0.2, -0.15) is 5.10 Å². The number of amides is 1. The quantitative estimate of drug-likeness (QED) is 0.594. The van der Waals surface area contributed by atoms with E-state index in [4.69, 9.17) is 5.73 Å². The van der Waals surface area contributed by atoms with Gasteiger partial charge < -0.3 is 16.0 Å². The molecule has 8 heteroatoms. The normalized spacial score (nSPS) is 13.9. The maximum Gasteiger partial charge on any atom is 0.225 e. The minimum Gasteiger partial charge on any atom is -0.384 e. The van der Waals surface area contributed by atoms with Crippen LogP contribution in [0.5, 0.6) is 0 Å². The maximum atomic E-state index is 12.2. The van der Waals surface area contributed by atoms with E-state index in [1.54, 1.807) is 17.5 Å². The van der Waals surface area contributed by atoms with E-state index in [1.807, 2.05) is 30.0 Å². The number of nitrogens with one attached hydrogen (secondary N) is 2.